The van der Waals surface area contributed by atoms with Crippen LogP contribution in [0.1, 0.15) is 5.76 Å². The number of hydrogen-bond acceptors (Lipinski definition) is 4. The topological polar surface area (TPSA) is 71.3 Å². The van der Waals surface area contributed by atoms with Crippen molar-refractivity contribution in [1.29, 1.82) is 0 Å². The zero-order chi connectivity index (χ0) is 17.0. The summed E-state index contributed by atoms with van der Waals surface area (Å²) in [6, 6.07) is 16.7. The van der Waals surface area contributed by atoms with Crippen LogP contribution in [0, 0.1) is 0 Å². The van der Waals surface area contributed by atoms with Crippen LogP contribution in [0.4, 0.5) is 11.4 Å². The minimum absolute atomic E-state index is 0.159. The fourth-order valence-electron chi connectivity index (χ4n) is 2.09. The molecule has 2 aromatic carbocycles. The van der Waals surface area contributed by atoms with Crippen molar-refractivity contribution in [2.24, 2.45) is 0 Å². The Morgan fingerprint density at radius 1 is 0.917 bits per heavy atom. The van der Waals surface area contributed by atoms with Crippen LogP contribution < -0.4 is 10.0 Å². The Bertz CT molecular complexity index is 890. The first kappa shape index (κ1) is 16.4. The van der Waals surface area contributed by atoms with Crippen LogP contribution in [0.5, 0.6) is 0 Å². The van der Waals surface area contributed by atoms with Crippen LogP contribution in [0.3, 0.4) is 0 Å². The largest absolute Gasteiger partial charge is 0.467 e. The highest BCUT2D eigenvalue weighted by Gasteiger charge is 2.13. The van der Waals surface area contributed by atoms with Crippen LogP contribution in [-0.4, -0.2) is 8.42 Å². The third-order valence-corrected chi connectivity index (χ3v) is 4.96. The number of furan rings is 1. The molecule has 0 bridgehead atoms. The summed E-state index contributed by atoms with van der Waals surface area (Å²) in [6.45, 7) is 0.558. The predicted octanol–water partition coefficient (Wildman–Crippen LogP) is 4.35. The summed E-state index contributed by atoms with van der Waals surface area (Å²) in [5, 5.41) is 3.68. The van der Waals surface area contributed by atoms with Crippen LogP contribution in [0.15, 0.2) is 76.2 Å². The minimum Gasteiger partial charge on any atom is -0.467 e. The Kier molecular flexibility index (Phi) is 4.78. The smallest absolute Gasteiger partial charge is 0.261 e. The van der Waals surface area contributed by atoms with Crippen molar-refractivity contribution < 1.29 is 12.8 Å². The molecule has 0 fully saturated rings. The Balaban J connectivity index is 1.66. The lowest BCUT2D eigenvalue weighted by Gasteiger charge is -2.10. The van der Waals surface area contributed by atoms with E-state index in [4.69, 9.17) is 16.0 Å². The van der Waals surface area contributed by atoms with Gasteiger partial charge in [0.25, 0.3) is 10.0 Å². The van der Waals surface area contributed by atoms with Gasteiger partial charge in [0.05, 0.1) is 17.7 Å². The Labute approximate surface area is 145 Å². The number of nitrogens with one attached hydrogen (secondary N) is 2. The predicted molar refractivity (Wildman–Crippen MR) is 94.7 cm³/mol. The zero-order valence-corrected chi connectivity index (χ0v) is 14.1. The number of halogens is 1. The highest BCUT2D eigenvalue weighted by atomic mass is 35.5. The van der Waals surface area contributed by atoms with Crippen LogP contribution in [0.25, 0.3) is 0 Å². The summed E-state index contributed by atoms with van der Waals surface area (Å²) < 4.78 is 32.4. The van der Waals surface area contributed by atoms with Crippen molar-refractivity contribution in [3.63, 3.8) is 0 Å². The number of benzene rings is 2. The van der Waals surface area contributed by atoms with E-state index < -0.39 is 10.0 Å². The summed E-state index contributed by atoms with van der Waals surface area (Å²) in [4.78, 5) is 0.159. The molecule has 0 aliphatic heterocycles. The fraction of sp³-hybridized carbons (Fsp3) is 0.0588. The van der Waals surface area contributed by atoms with Crippen molar-refractivity contribution >= 4 is 33.0 Å². The first-order valence-corrected chi connectivity index (χ1v) is 9.04. The molecule has 24 heavy (non-hydrogen) atoms. The van der Waals surface area contributed by atoms with Gasteiger partial charge in [-0.15, -0.1) is 0 Å². The molecule has 0 amide bonds. The molecule has 0 aliphatic carbocycles. The summed E-state index contributed by atoms with van der Waals surface area (Å²) in [5.41, 5.74) is 1.34. The van der Waals surface area contributed by atoms with E-state index in [2.05, 4.69) is 10.0 Å². The first-order valence-electron chi connectivity index (χ1n) is 7.18. The van der Waals surface area contributed by atoms with E-state index in [0.29, 0.717) is 17.3 Å². The van der Waals surface area contributed by atoms with Crippen molar-refractivity contribution in [3.8, 4) is 0 Å². The number of hydrogen-bond donors (Lipinski definition) is 2. The maximum Gasteiger partial charge on any atom is 0.261 e. The number of sulfonamides is 1. The second-order valence-electron chi connectivity index (χ2n) is 5.07. The molecule has 0 unspecified atom stereocenters. The normalized spacial score (nSPS) is 11.2. The van der Waals surface area contributed by atoms with Crippen LogP contribution in [-0.2, 0) is 16.6 Å². The van der Waals surface area contributed by atoms with Gasteiger partial charge in [0.2, 0.25) is 0 Å². The van der Waals surface area contributed by atoms with Gasteiger partial charge in [0.15, 0.2) is 0 Å². The quantitative estimate of drug-likeness (QED) is 0.684. The molecule has 0 aliphatic rings. The molecule has 0 saturated carbocycles. The van der Waals surface area contributed by atoms with Crippen molar-refractivity contribution in [3.05, 3.63) is 77.7 Å². The molecule has 5 nitrogen and oxygen atoms in total. The van der Waals surface area contributed by atoms with Crippen LogP contribution in [0.2, 0.25) is 5.02 Å². The Hall–Kier alpha value is -2.44. The van der Waals surface area contributed by atoms with Gasteiger partial charge in [-0.2, -0.15) is 0 Å². The van der Waals surface area contributed by atoms with Gasteiger partial charge in [0, 0.05) is 16.4 Å². The molecule has 0 radical (unpaired) electrons. The van der Waals surface area contributed by atoms with Gasteiger partial charge >= 0.3 is 0 Å². The van der Waals surface area contributed by atoms with Crippen molar-refractivity contribution in [1.82, 2.24) is 0 Å². The van der Waals surface area contributed by atoms with E-state index in [9.17, 15) is 8.42 Å². The third-order valence-electron chi connectivity index (χ3n) is 3.31. The molecular formula is C17H15ClN2O3S. The van der Waals surface area contributed by atoms with Gasteiger partial charge in [0.1, 0.15) is 5.76 Å². The zero-order valence-electron chi connectivity index (χ0n) is 12.6. The summed E-state index contributed by atoms with van der Waals surface area (Å²) in [5.74, 6) is 0.822. The second-order valence-corrected chi connectivity index (χ2v) is 7.19. The van der Waals surface area contributed by atoms with Gasteiger partial charge in [-0.3, -0.25) is 4.72 Å². The average Bonchev–Trinajstić information content (AvgIpc) is 3.08. The lowest BCUT2D eigenvalue weighted by molar-refractivity contribution is 0.518. The number of anilines is 2. The maximum atomic E-state index is 12.3. The van der Waals surface area contributed by atoms with Gasteiger partial charge < -0.3 is 9.73 Å². The minimum atomic E-state index is -3.63. The van der Waals surface area contributed by atoms with Crippen molar-refractivity contribution in [2.45, 2.75) is 11.4 Å². The van der Waals surface area contributed by atoms with Gasteiger partial charge in [-0.1, -0.05) is 11.6 Å². The van der Waals surface area contributed by atoms with Crippen molar-refractivity contribution in [2.75, 3.05) is 10.0 Å². The van der Waals surface area contributed by atoms with Gasteiger partial charge in [-0.05, 0) is 60.7 Å². The molecule has 1 heterocycles. The third kappa shape index (κ3) is 4.10. The lowest BCUT2D eigenvalue weighted by Crippen LogP contribution is -2.12. The molecule has 124 valence electrons. The molecule has 7 heteroatoms. The summed E-state index contributed by atoms with van der Waals surface area (Å²) >= 11 is 5.78. The average molecular weight is 363 g/mol. The van der Waals surface area contributed by atoms with E-state index in [1.807, 2.05) is 12.1 Å². The van der Waals surface area contributed by atoms with E-state index >= 15 is 0 Å². The molecular weight excluding hydrogens is 348 g/mol. The lowest BCUT2D eigenvalue weighted by atomic mass is 10.3. The molecule has 0 atom stereocenters. The SMILES string of the molecule is O=S(=O)(Nc1ccc(NCc2ccco2)cc1)c1ccc(Cl)cc1. The maximum absolute atomic E-state index is 12.3. The van der Waals surface area contributed by atoms with Gasteiger partial charge in [-0.25, -0.2) is 8.42 Å². The Morgan fingerprint density at radius 3 is 2.21 bits per heavy atom. The monoisotopic (exact) mass is 362 g/mol. The molecule has 3 rings (SSSR count). The molecule has 3 aromatic rings. The van der Waals surface area contributed by atoms with E-state index in [0.717, 1.165) is 11.4 Å². The number of rotatable bonds is 6. The highest BCUT2D eigenvalue weighted by molar-refractivity contribution is 7.92. The second kappa shape index (κ2) is 6.98. The Morgan fingerprint density at radius 2 is 1.58 bits per heavy atom. The summed E-state index contributed by atoms with van der Waals surface area (Å²) in [7, 11) is -3.63. The fourth-order valence-corrected chi connectivity index (χ4v) is 3.27. The molecule has 1 aromatic heterocycles. The van der Waals surface area contributed by atoms with E-state index in [1.165, 1.54) is 24.3 Å². The molecule has 0 spiro atoms. The highest BCUT2D eigenvalue weighted by Crippen LogP contribution is 2.20. The van der Waals surface area contributed by atoms with Crippen LogP contribution >= 0.6 is 11.6 Å². The summed E-state index contributed by atoms with van der Waals surface area (Å²) in [6.07, 6.45) is 1.62. The van der Waals surface area contributed by atoms with E-state index in [-0.39, 0.29) is 4.90 Å². The molecule has 2 N–H and O–H groups in total. The molecule has 0 saturated heterocycles. The first-order chi connectivity index (χ1) is 11.5. The standard InChI is InChI=1S/C17H15ClN2O3S/c18-13-3-9-17(10-4-13)24(21,22)20-15-7-5-14(6-8-15)19-12-16-2-1-11-23-16/h1-11,19-20H,12H2. The van der Waals surface area contributed by atoms with E-state index in [1.54, 1.807) is 30.5 Å².